The van der Waals surface area contributed by atoms with Crippen molar-refractivity contribution < 1.29 is 33.3 Å². The number of carbonyl (C=O) groups is 3. The molecule has 2 aromatic carbocycles. The van der Waals surface area contributed by atoms with E-state index in [-0.39, 0.29) is 24.3 Å². The number of benzene rings is 2. The van der Waals surface area contributed by atoms with Crippen LogP contribution < -0.4 is 19.5 Å². The van der Waals surface area contributed by atoms with Gasteiger partial charge >= 0.3 is 0 Å². The highest BCUT2D eigenvalue weighted by Crippen LogP contribution is 2.39. The van der Waals surface area contributed by atoms with E-state index in [0.29, 0.717) is 60.9 Å². The fraction of sp³-hybridized carbons (Fsp3) is 0.464. The molecule has 2 saturated heterocycles. The zero-order valence-corrected chi connectivity index (χ0v) is 22.3. The first kappa shape index (κ1) is 27.3. The fourth-order valence-electron chi connectivity index (χ4n) is 5.02. The number of hydrogen-bond donors (Lipinski definition) is 1. The van der Waals surface area contributed by atoms with Gasteiger partial charge in [-0.05, 0) is 48.9 Å². The minimum absolute atomic E-state index is 0.0983. The Bertz CT molecular complexity index is 1160. The van der Waals surface area contributed by atoms with Crippen LogP contribution in [0.1, 0.15) is 46.9 Å². The molecular weight excluding hydrogens is 490 g/mol. The van der Waals surface area contributed by atoms with Crippen molar-refractivity contribution in [3.8, 4) is 17.2 Å². The van der Waals surface area contributed by atoms with Gasteiger partial charge in [0.15, 0.2) is 11.5 Å². The highest BCUT2D eigenvalue weighted by atomic mass is 16.5. The lowest BCUT2D eigenvalue weighted by Gasteiger charge is -2.44. The molecule has 1 N–H and O–H groups in total. The summed E-state index contributed by atoms with van der Waals surface area (Å²) in [7, 11) is 4.63. The molecule has 2 aliphatic heterocycles. The van der Waals surface area contributed by atoms with Crippen LogP contribution in [0.15, 0.2) is 42.5 Å². The first-order valence-corrected chi connectivity index (χ1v) is 12.8. The summed E-state index contributed by atoms with van der Waals surface area (Å²) in [5.74, 6) is 0.970. The van der Waals surface area contributed by atoms with E-state index in [2.05, 4.69) is 5.32 Å². The molecule has 10 nitrogen and oxygen atoms in total. The second-order valence-corrected chi connectivity index (χ2v) is 9.33. The van der Waals surface area contributed by atoms with E-state index in [1.807, 2.05) is 6.92 Å². The van der Waals surface area contributed by atoms with Gasteiger partial charge in [-0.25, -0.2) is 0 Å². The number of nitrogens with one attached hydrogen (secondary N) is 1. The Balaban J connectivity index is 1.55. The van der Waals surface area contributed by atoms with Crippen LogP contribution in [0.25, 0.3) is 0 Å². The molecule has 4 rings (SSSR count). The van der Waals surface area contributed by atoms with Gasteiger partial charge in [0.25, 0.3) is 11.8 Å². The Hall–Kier alpha value is -3.79. The van der Waals surface area contributed by atoms with E-state index < -0.39 is 11.8 Å². The Kier molecular flexibility index (Phi) is 8.41. The average Bonchev–Trinajstić information content (AvgIpc) is 3.33. The minimum atomic E-state index is -0.986. The molecule has 2 heterocycles. The second kappa shape index (κ2) is 11.7. The predicted molar refractivity (Wildman–Crippen MR) is 140 cm³/mol. The highest BCUT2D eigenvalue weighted by Gasteiger charge is 2.54. The van der Waals surface area contributed by atoms with Crippen molar-refractivity contribution >= 4 is 17.7 Å². The van der Waals surface area contributed by atoms with Gasteiger partial charge in [0.1, 0.15) is 17.5 Å². The van der Waals surface area contributed by atoms with Gasteiger partial charge in [0, 0.05) is 43.6 Å². The van der Waals surface area contributed by atoms with Crippen molar-refractivity contribution in [3.63, 3.8) is 0 Å². The maximum absolute atomic E-state index is 13.8. The normalized spacial score (nSPS) is 18.3. The third-order valence-corrected chi connectivity index (χ3v) is 7.13. The smallest absolute Gasteiger partial charge is 0.256 e. The molecule has 2 aliphatic rings. The predicted octanol–water partition coefficient (Wildman–Crippen LogP) is 2.71. The summed E-state index contributed by atoms with van der Waals surface area (Å²) in [6.07, 6.45) is 1.54. The van der Waals surface area contributed by atoms with Crippen LogP contribution in [0.5, 0.6) is 17.2 Å². The molecule has 0 radical (unpaired) electrons. The van der Waals surface area contributed by atoms with Crippen LogP contribution in [0.4, 0.5) is 0 Å². The van der Waals surface area contributed by atoms with E-state index in [4.69, 9.17) is 18.9 Å². The monoisotopic (exact) mass is 525 g/mol. The van der Waals surface area contributed by atoms with Crippen molar-refractivity contribution in [3.05, 3.63) is 53.6 Å². The SMILES string of the molecule is CCCNC(=O)C1COC2(CCN(C(=O)c3ccc(OC)c(OC)c3)CC2)N1C(=O)c1ccc(OC)cc1. The first-order chi connectivity index (χ1) is 18.4. The third-order valence-electron chi connectivity index (χ3n) is 7.13. The molecule has 1 spiro atoms. The zero-order valence-electron chi connectivity index (χ0n) is 22.3. The zero-order chi connectivity index (χ0) is 27.3. The number of hydrogen-bond acceptors (Lipinski definition) is 7. The summed E-state index contributed by atoms with van der Waals surface area (Å²) >= 11 is 0. The number of likely N-dealkylation sites (tertiary alicyclic amines) is 1. The van der Waals surface area contributed by atoms with Crippen molar-refractivity contribution in [2.75, 3.05) is 47.6 Å². The number of carbonyl (C=O) groups excluding carboxylic acids is 3. The van der Waals surface area contributed by atoms with Gasteiger partial charge in [-0.3, -0.25) is 19.3 Å². The quantitative estimate of drug-likeness (QED) is 0.565. The van der Waals surface area contributed by atoms with Crippen LogP contribution >= 0.6 is 0 Å². The Morgan fingerprint density at radius 2 is 1.58 bits per heavy atom. The molecular formula is C28H35N3O7. The van der Waals surface area contributed by atoms with Crippen LogP contribution in [-0.4, -0.2) is 86.9 Å². The van der Waals surface area contributed by atoms with Gasteiger partial charge < -0.3 is 29.2 Å². The van der Waals surface area contributed by atoms with Crippen molar-refractivity contribution in [1.82, 2.24) is 15.1 Å². The van der Waals surface area contributed by atoms with E-state index in [0.717, 1.165) is 6.42 Å². The lowest BCUT2D eigenvalue weighted by molar-refractivity contribution is -0.128. The Labute approximate surface area is 222 Å². The molecule has 1 unspecified atom stereocenters. The summed E-state index contributed by atoms with van der Waals surface area (Å²) in [4.78, 5) is 43.5. The topological polar surface area (TPSA) is 107 Å². The van der Waals surface area contributed by atoms with E-state index in [1.165, 1.54) is 7.11 Å². The first-order valence-electron chi connectivity index (χ1n) is 12.8. The molecule has 0 aromatic heterocycles. The average molecular weight is 526 g/mol. The molecule has 0 saturated carbocycles. The summed E-state index contributed by atoms with van der Waals surface area (Å²) in [5.41, 5.74) is -0.0682. The highest BCUT2D eigenvalue weighted by molar-refractivity contribution is 5.99. The van der Waals surface area contributed by atoms with Crippen molar-refractivity contribution in [1.29, 1.82) is 0 Å². The molecule has 3 amide bonds. The van der Waals surface area contributed by atoms with Gasteiger partial charge in [-0.2, -0.15) is 0 Å². The summed E-state index contributed by atoms with van der Waals surface area (Å²) in [6.45, 7) is 3.31. The largest absolute Gasteiger partial charge is 0.497 e. The van der Waals surface area contributed by atoms with E-state index >= 15 is 0 Å². The van der Waals surface area contributed by atoms with Gasteiger partial charge in [-0.15, -0.1) is 0 Å². The molecule has 2 aromatic rings. The third kappa shape index (κ3) is 5.26. The number of amides is 3. The van der Waals surface area contributed by atoms with Gasteiger partial charge in [-0.1, -0.05) is 6.92 Å². The Morgan fingerprint density at radius 1 is 0.921 bits per heavy atom. The molecule has 38 heavy (non-hydrogen) atoms. The standard InChI is InChI=1S/C28H35N3O7/c1-5-14-29-25(32)22-18-38-28(31(22)27(34)19-6-9-21(35-2)10-7-19)12-15-30(16-13-28)26(33)20-8-11-23(36-3)24(17-20)37-4/h6-11,17,22H,5,12-16,18H2,1-4H3,(H,29,32). The maximum atomic E-state index is 13.8. The molecule has 10 heteroatoms. The number of rotatable bonds is 8. The van der Waals surface area contributed by atoms with Crippen LogP contribution in [-0.2, 0) is 9.53 Å². The van der Waals surface area contributed by atoms with Gasteiger partial charge in [0.05, 0.1) is 27.9 Å². The van der Waals surface area contributed by atoms with Crippen molar-refractivity contribution in [2.24, 2.45) is 0 Å². The molecule has 0 bridgehead atoms. The van der Waals surface area contributed by atoms with Crippen LogP contribution in [0, 0.1) is 0 Å². The number of nitrogens with zero attached hydrogens (tertiary/aromatic N) is 2. The number of piperidine rings is 1. The van der Waals surface area contributed by atoms with E-state index in [9.17, 15) is 14.4 Å². The fourth-order valence-corrected chi connectivity index (χ4v) is 5.02. The number of ether oxygens (including phenoxy) is 4. The summed E-state index contributed by atoms with van der Waals surface area (Å²) in [6, 6.07) is 11.1. The van der Waals surface area contributed by atoms with Gasteiger partial charge in [0.2, 0.25) is 5.91 Å². The summed E-state index contributed by atoms with van der Waals surface area (Å²) < 4.78 is 22.1. The maximum Gasteiger partial charge on any atom is 0.256 e. The molecule has 2 fully saturated rings. The summed E-state index contributed by atoms with van der Waals surface area (Å²) in [5, 5.41) is 2.90. The lowest BCUT2D eigenvalue weighted by atomic mass is 9.96. The Morgan fingerprint density at radius 3 is 2.18 bits per heavy atom. The molecule has 1 atom stereocenters. The second-order valence-electron chi connectivity index (χ2n) is 9.33. The van der Waals surface area contributed by atoms with Crippen molar-refractivity contribution in [2.45, 2.75) is 38.0 Å². The minimum Gasteiger partial charge on any atom is -0.497 e. The van der Waals surface area contributed by atoms with Crippen LogP contribution in [0.3, 0.4) is 0 Å². The molecule has 0 aliphatic carbocycles. The van der Waals surface area contributed by atoms with E-state index in [1.54, 1.807) is 66.5 Å². The lowest BCUT2D eigenvalue weighted by Crippen LogP contribution is -2.59. The molecule has 204 valence electrons. The number of methoxy groups -OCH3 is 3. The van der Waals surface area contributed by atoms with Crippen LogP contribution in [0.2, 0.25) is 0 Å².